The monoisotopic (exact) mass is 352 g/mol. The number of fused-ring (bicyclic) bond motifs is 1. The summed E-state index contributed by atoms with van der Waals surface area (Å²) in [5.41, 5.74) is 3.11. The fourth-order valence-corrected chi connectivity index (χ4v) is 3.23. The minimum absolute atomic E-state index is 0.0644. The van der Waals surface area contributed by atoms with Crippen LogP contribution in [0.3, 0.4) is 0 Å². The number of hydrogen-bond donors (Lipinski definition) is 0. The molecule has 0 N–H and O–H groups in total. The fraction of sp³-hybridized carbons (Fsp3) is 0.294. The Labute approximate surface area is 131 Å². The molecule has 2 aromatic carbocycles. The zero-order valence-electron chi connectivity index (χ0n) is 11.4. The van der Waals surface area contributed by atoms with Crippen molar-refractivity contribution in [3.63, 3.8) is 0 Å². The van der Waals surface area contributed by atoms with Crippen LogP contribution in [-0.2, 0) is 12.8 Å². The van der Waals surface area contributed by atoms with Crippen LogP contribution in [0.15, 0.2) is 36.4 Å². The first-order valence-corrected chi connectivity index (χ1v) is 7.88. The maximum Gasteiger partial charge on any atom is 0.159 e. The summed E-state index contributed by atoms with van der Waals surface area (Å²) in [5.74, 6) is -0.653. The molecule has 4 heteroatoms. The Bertz CT molecular complexity index is 657. The normalized spacial score (nSPS) is 15.2. The van der Waals surface area contributed by atoms with Gasteiger partial charge in [-0.1, -0.05) is 34.1 Å². The first-order valence-electron chi connectivity index (χ1n) is 6.97. The van der Waals surface area contributed by atoms with E-state index in [1.54, 1.807) is 6.07 Å². The van der Waals surface area contributed by atoms with Crippen molar-refractivity contribution in [2.45, 2.75) is 24.1 Å². The summed E-state index contributed by atoms with van der Waals surface area (Å²) in [7, 11) is 0. The summed E-state index contributed by atoms with van der Waals surface area (Å²) in [4.78, 5) is 0.0644. The van der Waals surface area contributed by atoms with Gasteiger partial charge in [0.25, 0.3) is 0 Å². The molecular formula is C17H15BrF2O. The Morgan fingerprint density at radius 1 is 1.10 bits per heavy atom. The number of benzene rings is 2. The van der Waals surface area contributed by atoms with Gasteiger partial charge in [-0.2, -0.15) is 0 Å². The van der Waals surface area contributed by atoms with E-state index in [1.807, 2.05) is 12.1 Å². The van der Waals surface area contributed by atoms with Crippen LogP contribution in [0.5, 0.6) is 5.75 Å². The van der Waals surface area contributed by atoms with Crippen LogP contribution in [0.4, 0.5) is 8.78 Å². The molecule has 3 rings (SSSR count). The lowest BCUT2D eigenvalue weighted by atomic mass is 9.99. The van der Waals surface area contributed by atoms with Crippen LogP contribution >= 0.6 is 15.9 Å². The molecular weight excluding hydrogens is 338 g/mol. The maximum absolute atomic E-state index is 13.3. The van der Waals surface area contributed by atoms with Crippen molar-refractivity contribution in [3.8, 4) is 5.75 Å². The van der Waals surface area contributed by atoms with Gasteiger partial charge in [-0.3, -0.25) is 0 Å². The van der Waals surface area contributed by atoms with Crippen molar-refractivity contribution < 1.29 is 13.5 Å². The zero-order valence-corrected chi connectivity index (χ0v) is 13.0. The highest BCUT2D eigenvalue weighted by molar-refractivity contribution is 9.09. The first kappa shape index (κ1) is 14.5. The molecule has 1 aliphatic rings. The average molecular weight is 353 g/mol. The molecule has 2 aromatic rings. The lowest BCUT2D eigenvalue weighted by Gasteiger charge is -2.19. The number of aryl methyl sites for hydroxylation is 1. The fourth-order valence-electron chi connectivity index (χ4n) is 2.57. The second-order valence-corrected chi connectivity index (χ2v) is 6.34. The van der Waals surface area contributed by atoms with Crippen molar-refractivity contribution in [2.75, 3.05) is 6.61 Å². The van der Waals surface area contributed by atoms with E-state index in [9.17, 15) is 8.78 Å². The molecule has 1 heterocycles. The van der Waals surface area contributed by atoms with E-state index in [2.05, 4.69) is 22.0 Å². The Morgan fingerprint density at radius 3 is 2.76 bits per heavy atom. The summed E-state index contributed by atoms with van der Waals surface area (Å²) in [6, 6.07) is 10.2. The summed E-state index contributed by atoms with van der Waals surface area (Å²) < 4.78 is 31.8. The molecule has 0 radical (unpaired) electrons. The molecule has 0 spiro atoms. The van der Waals surface area contributed by atoms with Crippen molar-refractivity contribution in [1.29, 1.82) is 0 Å². The SMILES string of the molecule is Fc1ccc(CC(Br)c2ccc3c(c2)CCCO3)cc1F. The topological polar surface area (TPSA) is 9.23 Å². The molecule has 0 bridgehead atoms. The van der Waals surface area contributed by atoms with Crippen LogP contribution in [0.2, 0.25) is 0 Å². The minimum atomic E-state index is -0.809. The third-order valence-electron chi connectivity index (χ3n) is 3.69. The van der Waals surface area contributed by atoms with Gasteiger partial charge in [-0.25, -0.2) is 8.78 Å². The highest BCUT2D eigenvalue weighted by Gasteiger charge is 2.15. The van der Waals surface area contributed by atoms with E-state index in [-0.39, 0.29) is 4.83 Å². The lowest BCUT2D eigenvalue weighted by molar-refractivity contribution is 0.288. The van der Waals surface area contributed by atoms with Crippen LogP contribution in [-0.4, -0.2) is 6.61 Å². The molecule has 1 nitrogen and oxygen atoms in total. The average Bonchev–Trinajstić information content (AvgIpc) is 2.50. The van der Waals surface area contributed by atoms with Crippen LogP contribution in [0.25, 0.3) is 0 Å². The summed E-state index contributed by atoms with van der Waals surface area (Å²) in [6.07, 6.45) is 2.66. The van der Waals surface area contributed by atoms with Crippen LogP contribution < -0.4 is 4.74 Å². The molecule has 0 amide bonds. The van der Waals surface area contributed by atoms with Gasteiger partial charge in [0.2, 0.25) is 0 Å². The molecule has 21 heavy (non-hydrogen) atoms. The Morgan fingerprint density at radius 2 is 1.95 bits per heavy atom. The molecule has 1 aliphatic heterocycles. The molecule has 0 fully saturated rings. The lowest BCUT2D eigenvalue weighted by Crippen LogP contribution is -2.09. The summed E-state index contributed by atoms with van der Waals surface area (Å²) >= 11 is 3.64. The van der Waals surface area contributed by atoms with Gasteiger partial charge in [0.1, 0.15) is 5.75 Å². The molecule has 0 saturated heterocycles. The van der Waals surface area contributed by atoms with Crippen molar-refractivity contribution in [1.82, 2.24) is 0 Å². The van der Waals surface area contributed by atoms with Gasteiger partial charge in [-0.05, 0) is 54.2 Å². The maximum atomic E-state index is 13.3. The van der Waals surface area contributed by atoms with E-state index in [0.29, 0.717) is 6.42 Å². The van der Waals surface area contributed by atoms with E-state index >= 15 is 0 Å². The van der Waals surface area contributed by atoms with E-state index in [1.165, 1.54) is 17.7 Å². The number of alkyl halides is 1. The largest absolute Gasteiger partial charge is 0.493 e. The van der Waals surface area contributed by atoms with Crippen LogP contribution in [0, 0.1) is 11.6 Å². The van der Waals surface area contributed by atoms with Gasteiger partial charge in [0.05, 0.1) is 6.61 Å². The third-order valence-corrected chi connectivity index (χ3v) is 4.55. The van der Waals surface area contributed by atoms with Gasteiger partial charge < -0.3 is 4.74 Å². The number of hydrogen-bond acceptors (Lipinski definition) is 1. The molecule has 1 unspecified atom stereocenters. The van der Waals surface area contributed by atoms with E-state index in [0.717, 1.165) is 36.3 Å². The third kappa shape index (κ3) is 3.26. The Hall–Kier alpha value is -1.42. The molecule has 0 aromatic heterocycles. The molecule has 0 saturated carbocycles. The number of ether oxygens (including phenoxy) is 1. The highest BCUT2D eigenvalue weighted by atomic mass is 79.9. The number of halogens is 3. The minimum Gasteiger partial charge on any atom is -0.493 e. The standard InChI is InChI=1S/C17H15BrF2O/c18-14(8-11-3-5-15(19)16(20)9-11)12-4-6-17-13(10-12)2-1-7-21-17/h3-6,9-10,14H,1-2,7-8H2. The zero-order chi connectivity index (χ0) is 14.8. The van der Waals surface area contributed by atoms with Crippen molar-refractivity contribution >= 4 is 15.9 Å². The van der Waals surface area contributed by atoms with Gasteiger partial charge in [0, 0.05) is 4.83 Å². The van der Waals surface area contributed by atoms with Crippen molar-refractivity contribution in [2.24, 2.45) is 0 Å². The summed E-state index contributed by atoms with van der Waals surface area (Å²) in [5, 5.41) is 0. The molecule has 0 aliphatic carbocycles. The summed E-state index contributed by atoms with van der Waals surface area (Å²) in [6.45, 7) is 0.777. The van der Waals surface area contributed by atoms with Gasteiger partial charge in [0.15, 0.2) is 11.6 Å². The second-order valence-electron chi connectivity index (χ2n) is 5.24. The predicted octanol–water partition coefficient (Wildman–Crippen LogP) is 4.97. The highest BCUT2D eigenvalue weighted by Crippen LogP contribution is 2.33. The van der Waals surface area contributed by atoms with Gasteiger partial charge >= 0.3 is 0 Å². The predicted molar refractivity (Wildman–Crippen MR) is 82.0 cm³/mol. The smallest absolute Gasteiger partial charge is 0.159 e. The second kappa shape index (κ2) is 6.14. The molecule has 110 valence electrons. The quantitative estimate of drug-likeness (QED) is 0.708. The first-order chi connectivity index (χ1) is 10.1. The van der Waals surface area contributed by atoms with E-state index < -0.39 is 11.6 Å². The number of rotatable bonds is 3. The van der Waals surface area contributed by atoms with Crippen molar-refractivity contribution in [3.05, 3.63) is 64.7 Å². The Kier molecular flexibility index (Phi) is 4.24. The Balaban J connectivity index is 1.78. The van der Waals surface area contributed by atoms with Gasteiger partial charge in [-0.15, -0.1) is 0 Å². The molecule has 1 atom stereocenters. The van der Waals surface area contributed by atoms with Crippen LogP contribution in [0.1, 0.15) is 27.9 Å². The van der Waals surface area contributed by atoms with E-state index in [4.69, 9.17) is 4.74 Å².